The molecule has 9 heteroatoms. The number of Topliss-reactive ketones (excluding diaryl/α,β-unsaturated/α-hetero) is 1. The van der Waals surface area contributed by atoms with Crippen molar-refractivity contribution in [1.29, 1.82) is 0 Å². The molecule has 1 aliphatic heterocycles. The van der Waals surface area contributed by atoms with Crippen molar-refractivity contribution >= 4 is 58.0 Å². The molecule has 33 heavy (non-hydrogen) atoms. The second-order valence-corrected chi connectivity index (χ2v) is 13.4. The molecule has 1 saturated heterocycles. The lowest BCUT2D eigenvalue weighted by molar-refractivity contribution is -0.220. The topological polar surface area (TPSA) is 72.8 Å². The molecule has 0 aromatic rings. The van der Waals surface area contributed by atoms with Crippen molar-refractivity contribution in [1.82, 2.24) is 0 Å². The maximum absolute atomic E-state index is 13.6. The standard InChI is InChI=1S/C24H28Cl4O5/c1-20(2)32-17-9-12-13-8-15(25)14-7-11(29)5-6-21(14,3)23(13,28)16(30)10-22(12,4)24(17,33-20)18(31)19(26)27/h5-7,12-13,15-17,19,30H,8-10H2,1-4H3/t12-,13-,15-,16-,17+,21-,22-,23-,24-/m0/s1. The van der Waals surface area contributed by atoms with Crippen molar-refractivity contribution in [2.75, 3.05) is 0 Å². The third kappa shape index (κ3) is 2.85. The molecule has 0 amide bonds. The summed E-state index contributed by atoms with van der Waals surface area (Å²) in [5, 5.41) is 11.3. The highest BCUT2D eigenvalue weighted by molar-refractivity contribution is 6.54. The van der Waals surface area contributed by atoms with Gasteiger partial charge < -0.3 is 14.6 Å². The highest BCUT2D eigenvalue weighted by Crippen LogP contribution is 2.73. The van der Waals surface area contributed by atoms with Crippen LogP contribution in [0.5, 0.6) is 0 Å². The number of alkyl halides is 4. The second kappa shape index (κ2) is 7.21. The number of fused-ring (bicyclic) bond motifs is 7. The molecule has 3 saturated carbocycles. The number of hydrogen-bond acceptors (Lipinski definition) is 5. The van der Waals surface area contributed by atoms with Crippen LogP contribution in [-0.2, 0) is 19.1 Å². The van der Waals surface area contributed by atoms with Gasteiger partial charge in [0.05, 0.1) is 22.5 Å². The summed E-state index contributed by atoms with van der Waals surface area (Å²) < 4.78 is 12.6. The average Bonchev–Trinajstić information content (AvgIpc) is 3.11. The zero-order valence-electron chi connectivity index (χ0n) is 18.9. The van der Waals surface area contributed by atoms with E-state index in [1.807, 2.05) is 13.8 Å². The van der Waals surface area contributed by atoms with Gasteiger partial charge in [-0.15, -0.1) is 23.2 Å². The Morgan fingerprint density at radius 2 is 1.85 bits per heavy atom. The molecule has 5 aliphatic rings. The number of hydrogen-bond donors (Lipinski definition) is 1. The van der Waals surface area contributed by atoms with Gasteiger partial charge in [0, 0.05) is 10.8 Å². The molecule has 5 nitrogen and oxygen atoms in total. The first-order valence-electron chi connectivity index (χ1n) is 11.3. The van der Waals surface area contributed by atoms with Crippen LogP contribution < -0.4 is 0 Å². The van der Waals surface area contributed by atoms with Crippen LogP contribution in [0.25, 0.3) is 0 Å². The van der Waals surface area contributed by atoms with Crippen LogP contribution in [0.1, 0.15) is 47.0 Å². The summed E-state index contributed by atoms with van der Waals surface area (Å²) in [4.78, 5) is 23.3. The van der Waals surface area contributed by atoms with Gasteiger partial charge in [-0.2, -0.15) is 0 Å². The lowest BCUT2D eigenvalue weighted by Crippen LogP contribution is -2.70. The smallest absolute Gasteiger partial charge is 0.200 e. The summed E-state index contributed by atoms with van der Waals surface area (Å²) in [6, 6.07) is 0. The second-order valence-electron chi connectivity index (χ2n) is 11.1. The summed E-state index contributed by atoms with van der Waals surface area (Å²) in [7, 11) is 0. The molecular weight excluding hydrogens is 510 g/mol. The lowest BCUT2D eigenvalue weighted by Gasteiger charge is -2.64. The normalized spacial score (nSPS) is 52.1. The number of carbonyl (C=O) groups is 2. The Morgan fingerprint density at radius 3 is 2.48 bits per heavy atom. The van der Waals surface area contributed by atoms with E-state index in [1.165, 1.54) is 6.08 Å². The van der Waals surface area contributed by atoms with Crippen LogP contribution in [0.3, 0.4) is 0 Å². The van der Waals surface area contributed by atoms with Crippen LogP contribution in [-0.4, -0.2) is 55.4 Å². The number of rotatable bonds is 2. The molecule has 5 rings (SSSR count). The van der Waals surface area contributed by atoms with Crippen molar-refractivity contribution in [3.8, 4) is 0 Å². The molecule has 9 atom stereocenters. The molecule has 0 aromatic carbocycles. The van der Waals surface area contributed by atoms with E-state index in [4.69, 9.17) is 55.9 Å². The number of allylic oxidation sites excluding steroid dienone is 4. The van der Waals surface area contributed by atoms with Crippen LogP contribution in [0.2, 0.25) is 0 Å². The fourth-order valence-electron chi connectivity index (χ4n) is 7.90. The first kappa shape index (κ1) is 24.5. The zero-order valence-corrected chi connectivity index (χ0v) is 21.9. The molecule has 4 aliphatic carbocycles. The number of ether oxygens (including phenoxy) is 2. The van der Waals surface area contributed by atoms with Crippen LogP contribution >= 0.6 is 46.4 Å². The minimum absolute atomic E-state index is 0.138. The Kier molecular flexibility index (Phi) is 5.37. The SMILES string of the molecule is CC1(C)O[C@@H]2C[C@H]3[C@@H]4C[C@H](Cl)C5=CC(=O)C=C[C@]5(C)[C@@]4(Cl)[C@@H](O)C[C@]3(C)[C@]2(C(=O)C(Cl)Cl)O1. The van der Waals surface area contributed by atoms with Gasteiger partial charge in [-0.25, -0.2) is 0 Å². The highest BCUT2D eigenvalue weighted by atomic mass is 35.5. The van der Waals surface area contributed by atoms with Gasteiger partial charge in [0.15, 0.2) is 22.0 Å². The summed E-state index contributed by atoms with van der Waals surface area (Å²) in [5.41, 5.74) is -2.35. The van der Waals surface area contributed by atoms with Crippen molar-refractivity contribution in [2.24, 2.45) is 22.7 Å². The van der Waals surface area contributed by atoms with Gasteiger partial charge in [0.1, 0.15) is 0 Å². The van der Waals surface area contributed by atoms with Crippen LogP contribution in [0.4, 0.5) is 0 Å². The number of ketones is 2. The van der Waals surface area contributed by atoms with Crippen molar-refractivity contribution < 1.29 is 24.2 Å². The maximum atomic E-state index is 13.6. The molecule has 1 N–H and O–H groups in total. The van der Waals surface area contributed by atoms with E-state index >= 15 is 0 Å². The van der Waals surface area contributed by atoms with E-state index in [9.17, 15) is 14.7 Å². The van der Waals surface area contributed by atoms with Crippen molar-refractivity contribution in [2.45, 2.75) is 85.6 Å². The quantitative estimate of drug-likeness (QED) is 0.516. The van der Waals surface area contributed by atoms with E-state index in [2.05, 4.69) is 0 Å². The first-order chi connectivity index (χ1) is 15.1. The molecule has 0 unspecified atom stereocenters. The predicted molar refractivity (Wildman–Crippen MR) is 127 cm³/mol. The lowest BCUT2D eigenvalue weighted by atomic mass is 9.45. The summed E-state index contributed by atoms with van der Waals surface area (Å²) in [6.07, 6.45) is 4.38. The molecule has 0 aromatic heterocycles. The predicted octanol–water partition coefficient (Wildman–Crippen LogP) is 4.72. The van der Waals surface area contributed by atoms with E-state index < -0.39 is 55.3 Å². The monoisotopic (exact) mass is 536 g/mol. The molecule has 0 radical (unpaired) electrons. The van der Waals surface area contributed by atoms with E-state index in [0.29, 0.717) is 12.8 Å². The number of aliphatic hydroxyl groups excluding tert-OH is 1. The molecule has 182 valence electrons. The molecule has 0 bridgehead atoms. The van der Waals surface area contributed by atoms with Crippen molar-refractivity contribution in [3.05, 3.63) is 23.8 Å². The highest BCUT2D eigenvalue weighted by Gasteiger charge is 2.80. The van der Waals surface area contributed by atoms with Gasteiger partial charge in [-0.3, -0.25) is 9.59 Å². The third-order valence-electron chi connectivity index (χ3n) is 9.19. The summed E-state index contributed by atoms with van der Waals surface area (Å²) in [6.45, 7) is 7.41. The number of halogens is 4. The maximum Gasteiger partial charge on any atom is 0.200 e. The molecular formula is C24H28Cl4O5. The Balaban J connectivity index is 1.67. The third-order valence-corrected chi connectivity index (χ3v) is 10.9. The average molecular weight is 538 g/mol. The molecule has 1 heterocycles. The number of aliphatic hydroxyl groups is 1. The minimum atomic E-state index is -1.41. The van der Waals surface area contributed by atoms with E-state index in [0.717, 1.165) is 5.57 Å². The summed E-state index contributed by atoms with van der Waals surface area (Å²) >= 11 is 26.6. The first-order valence-corrected chi connectivity index (χ1v) is 13.0. The van der Waals surface area contributed by atoms with Crippen molar-refractivity contribution in [3.63, 3.8) is 0 Å². The Hall–Kier alpha value is -0.140. The Labute approximate surface area is 213 Å². The Bertz CT molecular complexity index is 993. The number of carbonyl (C=O) groups excluding carboxylic acids is 2. The van der Waals surface area contributed by atoms with Gasteiger partial charge in [0.2, 0.25) is 5.78 Å². The van der Waals surface area contributed by atoms with E-state index in [-0.39, 0.29) is 24.0 Å². The fraction of sp³-hybridized carbons (Fsp3) is 0.750. The fourth-order valence-corrected chi connectivity index (χ4v) is 9.20. The van der Waals surface area contributed by atoms with E-state index in [1.54, 1.807) is 26.0 Å². The van der Waals surface area contributed by atoms with Crippen LogP contribution in [0.15, 0.2) is 23.8 Å². The largest absolute Gasteiger partial charge is 0.391 e. The zero-order chi connectivity index (χ0) is 24.4. The van der Waals surface area contributed by atoms with Gasteiger partial charge in [0.25, 0.3) is 0 Å². The van der Waals surface area contributed by atoms with Gasteiger partial charge >= 0.3 is 0 Å². The Morgan fingerprint density at radius 1 is 1.18 bits per heavy atom. The molecule has 4 fully saturated rings. The van der Waals surface area contributed by atoms with Gasteiger partial charge in [-0.05, 0) is 62.7 Å². The summed E-state index contributed by atoms with van der Waals surface area (Å²) in [5.74, 6) is -2.02. The molecule has 0 spiro atoms. The van der Waals surface area contributed by atoms with Crippen LogP contribution in [0, 0.1) is 22.7 Å². The minimum Gasteiger partial charge on any atom is -0.391 e. The van der Waals surface area contributed by atoms with Gasteiger partial charge in [-0.1, -0.05) is 43.1 Å².